The predicted octanol–water partition coefficient (Wildman–Crippen LogP) is 2.50. The number of aryl methyl sites for hydroxylation is 1. The van der Waals surface area contributed by atoms with Crippen LogP contribution in [0.25, 0.3) is 0 Å². The lowest BCUT2D eigenvalue weighted by Crippen LogP contribution is -2.25. The molecule has 0 saturated heterocycles. The molecule has 0 radical (unpaired) electrons. The Hall–Kier alpha value is -2.35. The molecule has 0 aromatic heterocycles. The number of nitrogens with one attached hydrogen (secondary N) is 1. The van der Waals surface area contributed by atoms with Gasteiger partial charge in [0.25, 0.3) is 5.91 Å². The number of rotatable bonds is 3. The van der Waals surface area contributed by atoms with E-state index in [0.717, 1.165) is 5.56 Å². The maximum atomic E-state index is 13.6. The molecule has 0 fully saturated rings. The van der Waals surface area contributed by atoms with Crippen molar-refractivity contribution in [3.8, 4) is 0 Å². The van der Waals surface area contributed by atoms with Crippen molar-refractivity contribution in [3.05, 3.63) is 70.0 Å². The van der Waals surface area contributed by atoms with E-state index in [1.165, 1.54) is 12.1 Å². The van der Waals surface area contributed by atoms with Crippen molar-refractivity contribution >= 4 is 15.7 Å². The SMILES string of the molecule is O=C(NCc1c(F)cc(F)cc1F)c1ccc2c(c1)CS(=O)(=O)CC2. The zero-order valence-corrected chi connectivity index (χ0v) is 13.8. The van der Waals surface area contributed by atoms with Crippen LogP contribution in [0.5, 0.6) is 0 Å². The molecule has 25 heavy (non-hydrogen) atoms. The topological polar surface area (TPSA) is 63.2 Å². The van der Waals surface area contributed by atoms with Gasteiger partial charge in [-0.1, -0.05) is 6.07 Å². The quantitative estimate of drug-likeness (QED) is 0.904. The number of carbonyl (C=O) groups excluding carboxylic acids is 1. The van der Waals surface area contributed by atoms with Crippen LogP contribution in [0.1, 0.15) is 27.0 Å². The van der Waals surface area contributed by atoms with Gasteiger partial charge in [0.05, 0.1) is 11.5 Å². The molecule has 0 saturated carbocycles. The molecule has 3 rings (SSSR count). The third-order valence-corrected chi connectivity index (χ3v) is 5.63. The summed E-state index contributed by atoms with van der Waals surface area (Å²) >= 11 is 0. The van der Waals surface area contributed by atoms with Crippen LogP contribution in [-0.2, 0) is 28.6 Å². The van der Waals surface area contributed by atoms with Crippen molar-refractivity contribution in [1.82, 2.24) is 5.32 Å². The van der Waals surface area contributed by atoms with Crippen LogP contribution in [0.4, 0.5) is 13.2 Å². The number of carbonyl (C=O) groups is 1. The zero-order valence-electron chi connectivity index (χ0n) is 13.0. The monoisotopic (exact) mass is 369 g/mol. The summed E-state index contributed by atoms with van der Waals surface area (Å²) in [5.74, 6) is -3.88. The number of hydrogen-bond donors (Lipinski definition) is 1. The van der Waals surface area contributed by atoms with E-state index >= 15 is 0 Å². The molecule has 2 aromatic rings. The average molecular weight is 369 g/mol. The molecule has 0 bridgehead atoms. The summed E-state index contributed by atoms with van der Waals surface area (Å²) in [6.45, 7) is -0.452. The van der Waals surface area contributed by atoms with Crippen LogP contribution in [0.15, 0.2) is 30.3 Å². The Morgan fingerprint density at radius 3 is 2.40 bits per heavy atom. The van der Waals surface area contributed by atoms with Gasteiger partial charge in [0, 0.05) is 29.8 Å². The lowest BCUT2D eigenvalue weighted by atomic mass is 10.0. The van der Waals surface area contributed by atoms with E-state index in [2.05, 4.69) is 5.32 Å². The van der Waals surface area contributed by atoms with Crippen molar-refractivity contribution in [3.63, 3.8) is 0 Å². The molecule has 0 spiro atoms. The maximum Gasteiger partial charge on any atom is 0.251 e. The molecule has 1 aliphatic heterocycles. The normalized spacial score (nSPS) is 15.5. The number of hydrogen-bond acceptors (Lipinski definition) is 3. The Balaban J connectivity index is 1.77. The highest BCUT2D eigenvalue weighted by molar-refractivity contribution is 7.90. The fourth-order valence-electron chi connectivity index (χ4n) is 2.73. The van der Waals surface area contributed by atoms with E-state index < -0.39 is 45.3 Å². The van der Waals surface area contributed by atoms with Gasteiger partial charge in [-0.2, -0.15) is 0 Å². The minimum absolute atomic E-state index is 0.0780. The highest BCUT2D eigenvalue weighted by Gasteiger charge is 2.22. The van der Waals surface area contributed by atoms with Crippen molar-refractivity contribution in [2.75, 3.05) is 5.75 Å². The Bertz CT molecular complexity index is 935. The standard InChI is InChI=1S/C17H14F3NO3S/c18-13-6-15(19)14(16(20)7-13)8-21-17(22)11-2-1-10-3-4-25(23,24)9-12(10)5-11/h1-2,5-7H,3-4,8-9H2,(H,21,22). The first-order chi connectivity index (χ1) is 11.7. The van der Waals surface area contributed by atoms with Gasteiger partial charge in [0.1, 0.15) is 17.5 Å². The molecular formula is C17H14F3NO3S. The number of halogens is 3. The van der Waals surface area contributed by atoms with Crippen LogP contribution in [-0.4, -0.2) is 20.1 Å². The third kappa shape index (κ3) is 3.84. The van der Waals surface area contributed by atoms with Crippen LogP contribution < -0.4 is 5.32 Å². The minimum atomic E-state index is -3.18. The van der Waals surface area contributed by atoms with Crippen molar-refractivity contribution in [2.45, 2.75) is 18.7 Å². The van der Waals surface area contributed by atoms with Gasteiger partial charge in [0.15, 0.2) is 9.84 Å². The summed E-state index contributed by atoms with van der Waals surface area (Å²) in [6.07, 6.45) is 0.394. The van der Waals surface area contributed by atoms with Gasteiger partial charge in [-0.3, -0.25) is 4.79 Å². The molecular weight excluding hydrogens is 355 g/mol. The maximum absolute atomic E-state index is 13.6. The Labute approximate surface area is 142 Å². The summed E-state index contributed by atoms with van der Waals surface area (Å²) < 4.78 is 63.4. The van der Waals surface area contributed by atoms with Gasteiger partial charge in [-0.15, -0.1) is 0 Å². The van der Waals surface area contributed by atoms with Gasteiger partial charge in [-0.05, 0) is 29.7 Å². The van der Waals surface area contributed by atoms with Gasteiger partial charge in [-0.25, -0.2) is 21.6 Å². The van der Waals surface area contributed by atoms with Crippen LogP contribution >= 0.6 is 0 Å². The van der Waals surface area contributed by atoms with Crippen LogP contribution in [0.3, 0.4) is 0 Å². The van der Waals surface area contributed by atoms with E-state index in [1.807, 2.05) is 0 Å². The lowest BCUT2D eigenvalue weighted by molar-refractivity contribution is 0.0950. The van der Waals surface area contributed by atoms with Crippen molar-refractivity contribution in [1.29, 1.82) is 0 Å². The number of benzene rings is 2. The van der Waals surface area contributed by atoms with E-state index in [0.29, 0.717) is 24.1 Å². The summed E-state index contributed by atoms with van der Waals surface area (Å²) in [7, 11) is -3.18. The molecule has 2 aromatic carbocycles. The highest BCUT2D eigenvalue weighted by Crippen LogP contribution is 2.22. The molecule has 0 atom stereocenters. The summed E-state index contributed by atoms with van der Waals surface area (Å²) in [5.41, 5.74) is 1.16. The second-order valence-corrected chi connectivity index (χ2v) is 8.04. The Kier molecular flexibility index (Phi) is 4.55. The highest BCUT2D eigenvalue weighted by atomic mass is 32.2. The Morgan fingerprint density at radius 1 is 1.04 bits per heavy atom. The van der Waals surface area contributed by atoms with Crippen LogP contribution in [0.2, 0.25) is 0 Å². The van der Waals surface area contributed by atoms with E-state index in [-0.39, 0.29) is 17.1 Å². The molecule has 132 valence electrons. The number of fused-ring (bicyclic) bond motifs is 1. The smallest absolute Gasteiger partial charge is 0.251 e. The molecule has 1 aliphatic rings. The summed E-state index contributed by atoms with van der Waals surface area (Å²) in [5, 5.41) is 2.35. The summed E-state index contributed by atoms with van der Waals surface area (Å²) in [6, 6.07) is 5.75. The van der Waals surface area contributed by atoms with E-state index in [1.54, 1.807) is 6.07 Å². The second-order valence-electron chi connectivity index (χ2n) is 5.86. The third-order valence-electron chi connectivity index (χ3n) is 4.06. The summed E-state index contributed by atoms with van der Waals surface area (Å²) in [4.78, 5) is 12.2. The number of amides is 1. The molecule has 1 amide bonds. The number of sulfone groups is 1. The van der Waals surface area contributed by atoms with E-state index in [4.69, 9.17) is 0 Å². The average Bonchev–Trinajstić information content (AvgIpc) is 2.52. The second kappa shape index (κ2) is 6.51. The first-order valence-electron chi connectivity index (χ1n) is 7.49. The van der Waals surface area contributed by atoms with Crippen LogP contribution in [0, 0.1) is 17.5 Å². The fourth-order valence-corrected chi connectivity index (χ4v) is 4.15. The zero-order chi connectivity index (χ0) is 18.2. The van der Waals surface area contributed by atoms with Gasteiger partial charge in [0.2, 0.25) is 0 Å². The van der Waals surface area contributed by atoms with Crippen molar-refractivity contribution in [2.24, 2.45) is 0 Å². The molecule has 0 unspecified atom stereocenters. The molecule has 8 heteroatoms. The lowest BCUT2D eigenvalue weighted by Gasteiger charge is -2.17. The molecule has 1 heterocycles. The molecule has 1 N–H and O–H groups in total. The fraction of sp³-hybridized carbons (Fsp3) is 0.235. The molecule has 0 aliphatic carbocycles. The van der Waals surface area contributed by atoms with Gasteiger partial charge >= 0.3 is 0 Å². The molecule has 4 nitrogen and oxygen atoms in total. The van der Waals surface area contributed by atoms with Gasteiger partial charge < -0.3 is 5.32 Å². The largest absolute Gasteiger partial charge is 0.348 e. The predicted molar refractivity (Wildman–Crippen MR) is 85.1 cm³/mol. The Morgan fingerprint density at radius 2 is 1.72 bits per heavy atom. The minimum Gasteiger partial charge on any atom is -0.348 e. The van der Waals surface area contributed by atoms with Crippen molar-refractivity contribution < 1.29 is 26.4 Å². The first-order valence-corrected chi connectivity index (χ1v) is 9.31. The first kappa shape index (κ1) is 17.5. The van der Waals surface area contributed by atoms with E-state index in [9.17, 15) is 26.4 Å².